The molecule has 0 bridgehead atoms. The highest BCUT2D eigenvalue weighted by Crippen LogP contribution is 2.14. The number of nitrogens with one attached hydrogen (secondary N) is 1. The molecular weight excluding hydrogens is 240 g/mol. The van der Waals surface area contributed by atoms with Crippen molar-refractivity contribution in [2.45, 2.75) is 6.54 Å². The van der Waals surface area contributed by atoms with Gasteiger partial charge in [-0.2, -0.15) is 0 Å². The minimum absolute atomic E-state index is 0.423. The summed E-state index contributed by atoms with van der Waals surface area (Å²) in [4.78, 5) is 11.1. The van der Waals surface area contributed by atoms with Gasteiger partial charge in [-0.15, -0.1) is 0 Å². The van der Waals surface area contributed by atoms with E-state index in [0.29, 0.717) is 12.1 Å². The maximum absolute atomic E-state index is 11.1. The second-order valence-corrected chi connectivity index (χ2v) is 4.15. The van der Waals surface area contributed by atoms with Crippen LogP contribution in [0.3, 0.4) is 0 Å². The third kappa shape index (κ3) is 3.48. The van der Waals surface area contributed by atoms with E-state index in [-0.39, 0.29) is 0 Å². The van der Waals surface area contributed by atoms with Crippen LogP contribution in [-0.2, 0) is 6.54 Å². The zero-order valence-electron chi connectivity index (χ0n) is 10.7. The monoisotopic (exact) mass is 256 g/mol. The molecule has 0 saturated heterocycles. The molecule has 0 atom stereocenters. The van der Waals surface area contributed by atoms with Crippen LogP contribution < -0.4 is 15.8 Å². The molecule has 0 saturated carbocycles. The second-order valence-electron chi connectivity index (χ2n) is 4.15. The van der Waals surface area contributed by atoms with Crippen molar-refractivity contribution in [3.8, 4) is 5.75 Å². The van der Waals surface area contributed by atoms with E-state index in [1.807, 2.05) is 30.3 Å². The molecule has 0 radical (unpaired) electrons. The van der Waals surface area contributed by atoms with Gasteiger partial charge in [0.1, 0.15) is 5.75 Å². The molecule has 19 heavy (non-hydrogen) atoms. The highest BCUT2D eigenvalue weighted by atomic mass is 16.5. The van der Waals surface area contributed by atoms with Gasteiger partial charge in [-0.05, 0) is 35.9 Å². The van der Waals surface area contributed by atoms with Crippen molar-refractivity contribution in [1.82, 2.24) is 0 Å². The van der Waals surface area contributed by atoms with Crippen LogP contribution >= 0.6 is 0 Å². The Morgan fingerprint density at radius 1 is 1.21 bits per heavy atom. The molecule has 0 aromatic heterocycles. The van der Waals surface area contributed by atoms with Crippen molar-refractivity contribution in [3.05, 3.63) is 59.7 Å². The summed E-state index contributed by atoms with van der Waals surface area (Å²) in [5.41, 5.74) is 7.74. The molecule has 2 aromatic rings. The van der Waals surface area contributed by atoms with Crippen LogP contribution in [0.1, 0.15) is 15.9 Å². The zero-order valence-corrected chi connectivity index (χ0v) is 10.7. The van der Waals surface area contributed by atoms with Crippen molar-refractivity contribution in [2.24, 2.45) is 5.73 Å². The third-order valence-electron chi connectivity index (χ3n) is 2.80. The van der Waals surface area contributed by atoms with Gasteiger partial charge in [-0.3, -0.25) is 4.79 Å². The normalized spacial score (nSPS) is 9.95. The van der Waals surface area contributed by atoms with Gasteiger partial charge in [0.25, 0.3) is 0 Å². The largest absolute Gasteiger partial charge is 0.497 e. The Balaban J connectivity index is 2.01. The molecule has 2 rings (SSSR count). The fourth-order valence-corrected chi connectivity index (χ4v) is 1.73. The van der Waals surface area contributed by atoms with E-state index in [4.69, 9.17) is 10.5 Å². The quantitative estimate of drug-likeness (QED) is 0.863. The minimum Gasteiger partial charge on any atom is -0.497 e. The number of methoxy groups -OCH3 is 1. The average molecular weight is 256 g/mol. The van der Waals surface area contributed by atoms with Crippen LogP contribution in [0.15, 0.2) is 48.5 Å². The molecule has 0 spiro atoms. The smallest absolute Gasteiger partial charge is 0.248 e. The molecule has 0 unspecified atom stereocenters. The Hall–Kier alpha value is -2.49. The van der Waals surface area contributed by atoms with Gasteiger partial charge in [0.15, 0.2) is 0 Å². The molecule has 2 aromatic carbocycles. The Kier molecular flexibility index (Phi) is 4.03. The van der Waals surface area contributed by atoms with Crippen molar-refractivity contribution < 1.29 is 9.53 Å². The number of rotatable bonds is 5. The van der Waals surface area contributed by atoms with Gasteiger partial charge in [-0.25, -0.2) is 0 Å². The number of carbonyl (C=O) groups is 1. The van der Waals surface area contributed by atoms with Gasteiger partial charge in [0.2, 0.25) is 5.91 Å². The molecule has 0 aliphatic carbocycles. The van der Waals surface area contributed by atoms with Crippen molar-refractivity contribution in [1.29, 1.82) is 0 Å². The minimum atomic E-state index is -0.423. The summed E-state index contributed by atoms with van der Waals surface area (Å²) >= 11 is 0. The maximum atomic E-state index is 11.1. The highest BCUT2D eigenvalue weighted by molar-refractivity contribution is 5.93. The van der Waals surface area contributed by atoms with Crippen molar-refractivity contribution in [2.75, 3.05) is 12.4 Å². The van der Waals surface area contributed by atoms with E-state index < -0.39 is 5.91 Å². The molecule has 0 fully saturated rings. The second kappa shape index (κ2) is 5.91. The van der Waals surface area contributed by atoms with E-state index in [1.54, 1.807) is 25.3 Å². The van der Waals surface area contributed by atoms with E-state index in [9.17, 15) is 4.79 Å². The molecule has 0 heterocycles. The fourth-order valence-electron chi connectivity index (χ4n) is 1.73. The van der Waals surface area contributed by atoms with E-state index in [1.165, 1.54) is 0 Å². The van der Waals surface area contributed by atoms with Gasteiger partial charge in [0, 0.05) is 17.8 Å². The molecule has 4 heteroatoms. The van der Waals surface area contributed by atoms with Gasteiger partial charge in [-0.1, -0.05) is 18.2 Å². The SMILES string of the molecule is COc1ccc(CNc2cccc(C(N)=O)c2)cc1. The number of amides is 1. The number of carbonyl (C=O) groups excluding carboxylic acids is 1. The number of hydrogen-bond acceptors (Lipinski definition) is 3. The van der Waals surface area contributed by atoms with Crippen LogP contribution in [0, 0.1) is 0 Å². The first-order valence-electron chi connectivity index (χ1n) is 5.96. The number of hydrogen-bond donors (Lipinski definition) is 2. The van der Waals surface area contributed by atoms with Crippen molar-refractivity contribution >= 4 is 11.6 Å². The van der Waals surface area contributed by atoms with Gasteiger partial charge < -0.3 is 15.8 Å². The number of anilines is 1. The number of ether oxygens (including phenoxy) is 1. The van der Waals surface area contributed by atoms with Crippen LogP contribution in [0.2, 0.25) is 0 Å². The molecule has 1 amide bonds. The summed E-state index contributed by atoms with van der Waals surface area (Å²) in [5, 5.41) is 3.25. The average Bonchev–Trinajstić information content (AvgIpc) is 2.46. The number of primary amides is 1. The Bertz CT molecular complexity index is 565. The van der Waals surface area contributed by atoms with Crippen LogP contribution in [0.5, 0.6) is 5.75 Å². The molecule has 4 nitrogen and oxygen atoms in total. The van der Waals surface area contributed by atoms with Gasteiger partial charge in [0.05, 0.1) is 7.11 Å². The van der Waals surface area contributed by atoms with E-state index in [2.05, 4.69) is 5.32 Å². The fraction of sp³-hybridized carbons (Fsp3) is 0.133. The summed E-state index contributed by atoms with van der Waals surface area (Å²) in [6, 6.07) is 14.9. The van der Waals surface area contributed by atoms with Gasteiger partial charge >= 0.3 is 0 Å². The first kappa shape index (κ1) is 13.0. The maximum Gasteiger partial charge on any atom is 0.248 e. The summed E-state index contributed by atoms with van der Waals surface area (Å²) in [6.45, 7) is 0.673. The summed E-state index contributed by atoms with van der Waals surface area (Å²) in [5.74, 6) is 0.410. The molecule has 0 aliphatic heterocycles. The van der Waals surface area contributed by atoms with Crippen LogP contribution in [0.25, 0.3) is 0 Å². The summed E-state index contributed by atoms with van der Waals surface area (Å²) < 4.78 is 5.10. The van der Waals surface area contributed by atoms with E-state index in [0.717, 1.165) is 17.0 Å². The number of nitrogens with two attached hydrogens (primary N) is 1. The zero-order chi connectivity index (χ0) is 13.7. The molecule has 0 aliphatic rings. The Labute approximate surface area is 112 Å². The lowest BCUT2D eigenvalue weighted by Gasteiger charge is -2.08. The predicted octanol–water partition coefficient (Wildman–Crippen LogP) is 2.41. The van der Waals surface area contributed by atoms with Crippen LogP contribution in [-0.4, -0.2) is 13.0 Å². The third-order valence-corrected chi connectivity index (χ3v) is 2.80. The lowest BCUT2D eigenvalue weighted by Crippen LogP contribution is -2.11. The standard InChI is InChI=1S/C15H16N2O2/c1-19-14-7-5-11(6-8-14)10-17-13-4-2-3-12(9-13)15(16)18/h2-9,17H,10H2,1H3,(H2,16,18). The Morgan fingerprint density at radius 2 is 1.95 bits per heavy atom. The van der Waals surface area contributed by atoms with E-state index >= 15 is 0 Å². The van der Waals surface area contributed by atoms with Crippen molar-refractivity contribution in [3.63, 3.8) is 0 Å². The molecular formula is C15H16N2O2. The lowest BCUT2D eigenvalue weighted by molar-refractivity contribution is 0.100. The van der Waals surface area contributed by atoms with Crippen LogP contribution in [0.4, 0.5) is 5.69 Å². The first-order chi connectivity index (χ1) is 9.19. The molecule has 3 N–H and O–H groups in total. The Morgan fingerprint density at radius 3 is 2.58 bits per heavy atom. The topological polar surface area (TPSA) is 64.3 Å². The predicted molar refractivity (Wildman–Crippen MR) is 75.3 cm³/mol. The first-order valence-corrected chi connectivity index (χ1v) is 5.96. The molecule has 98 valence electrons. The lowest BCUT2D eigenvalue weighted by atomic mass is 10.1. The number of benzene rings is 2. The summed E-state index contributed by atoms with van der Waals surface area (Å²) in [6.07, 6.45) is 0. The highest BCUT2D eigenvalue weighted by Gasteiger charge is 2.01. The summed E-state index contributed by atoms with van der Waals surface area (Å²) in [7, 11) is 1.64.